The van der Waals surface area contributed by atoms with Crippen molar-refractivity contribution in [1.29, 1.82) is 0 Å². The number of carbonyl (C=O) groups excluding carboxylic acids is 2. The number of hydrogen-bond donors (Lipinski definition) is 4. The second-order valence-electron chi connectivity index (χ2n) is 5.62. The molecule has 12 heteroatoms. The molecule has 0 saturated carbocycles. The van der Waals surface area contributed by atoms with Crippen LogP contribution in [0.2, 0.25) is 0 Å². The third kappa shape index (κ3) is 23.3. The van der Waals surface area contributed by atoms with Gasteiger partial charge in [0, 0.05) is 26.1 Å². The highest BCUT2D eigenvalue weighted by atomic mass is 32.1. The standard InChI is InChI=1S/C17H34BN3O7S/c18-21-4-8-25-6-2-19-16(22)1-5-24-9-11-27-13-14-28-12-10-26-7-3-20-17(23)15-29/h21,29H,1-15H2,(H,19,22)(H,20,23). The van der Waals surface area contributed by atoms with E-state index in [-0.39, 0.29) is 17.6 Å². The monoisotopic (exact) mass is 435 g/mol. The van der Waals surface area contributed by atoms with E-state index in [2.05, 4.69) is 28.5 Å². The van der Waals surface area contributed by atoms with E-state index in [9.17, 15) is 9.59 Å². The summed E-state index contributed by atoms with van der Waals surface area (Å²) in [5.74, 6) is -0.0183. The van der Waals surface area contributed by atoms with Gasteiger partial charge in [-0.2, -0.15) is 12.6 Å². The molecule has 0 unspecified atom stereocenters. The Morgan fingerprint density at radius 2 is 1.03 bits per heavy atom. The Bertz CT molecular complexity index is 398. The summed E-state index contributed by atoms with van der Waals surface area (Å²) in [4.78, 5) is 22.5. The molecule has 0 spiro atoms. The average molecular weight is 435 g/mol. The van der Waals surface area contributed by atoms with Crippen LogP contribution in [0.25, 0.3) is 0 Å². The van der Waals surface area contributed by atoms with Crippen LogP contribution in [0.5, 0.6) is 0 Å². The molecule has 0 aliphatic heterocycles. The zero-order valence-corrected chi connectivity index (χ0v) is 17.9. The van der Waals surface area contributed by atoms with Gasteiger partial charge in [0.15, 0.2) is 7.98 Å². The summed E-state index contributed by atoms with van der Waals surface area (Å²) < 4.78 is 26.6. The van der Waals surface area contributed by atoms with E-state index in [1.54, 1.807) is 0 Å². The minimum Gasteiger partial charge on any atom is -0.379 e. The molecule has 29 heavy (non-hydrogen) atoms. The summed E-state index contributed by atoms with van der Waals surface area (Å²) in [5.41, 5.74) is 0. The van der Waals surface area contributed by atoms with Crippen molar-refractivity contribution >= 4 is 32.4 Å². The highest BCUT2D eigenvalue weighted by molar-refractivity contribution is 7.81. The van der Waals surface area contributed by atoms with Gasteiger partial charge < -0.3 is 39.5 Å². The Morgan fingerprint density at radius 3 is 1.55 bits per heavy atom. The van der Waals surface area contributed by atoms with Crippen LogP contribution in [0.4, 0.5) is 0 Å². The normalized spacial score (nSPS) is 10.8. The SMILES string of the molecule is [B]NCCOCCNC(=O)CCOCCOCCOCCOCCNC(=O)CS. The molecule has 2 radical (unpaired) electrons. The maximum atomic E-state index is 11.5. The first-order valence-electron chi connectivity index (χ1n) is 9.67. The summed E-state index contributed by atoms with van der Waals surface area (Å²) in [7, 11) is 5.10. The van der Waals surface area contributed by atoms with Crippen molar-refractivity contribution in [2.75, 3.05) is 91.5 Å². The molecule has 0 aromatic carbocycles. The topological polar surface area (TPSA) is 116 Å². The van der Waals surface area contributed by atoms with Crippen molar-refractivity contribution in [3.63, 3.8) is 0 Å². The zero-order valence-electron chi connectivity index (χ0n) is 17.0. The fraction of sp³-hybridized carbons (Fsp3) is 0.882. The molecule has 0 aromatic rings. The van der Waals surface area contributed by atoms with Gasteiger partial charge in [0.2, 0.25) is 11.8 Å². The van der Waals surface area contributed by atoms with E-state index in [0.29, 0.717) is 92.1 Å². The van der Waals surface area contributed by atoms with Crippen LogP contribution < -0.4 is 15.9 Å². The number of thiol groups is 1. The minimum atomic E-state index is -0.115. The molecule has 0 aliphatic carbocycles. The van der Waals surface area contributed by atoms with Crippen molar-refractivity contribution in [2.45, 2.75) is 6.42 Å². The summed E-state index contributed by atoms with van der Waals surface area (Å²) in [6, 6.07) is 0. The van der Waals surface area contributed by atoms with Crippen LogP contribution in [-0.4, -0.2) is 111 Å². The van der Waals surface area contributed by atoms with Gasteiger partial charge in [-0.1, -0.05) is 0 Å². The fourth-order valence-electron chi connectivity index (χ4n) is 1.83. The molecule has 0 heterocycles. The maximum absolute atomic E-state index is 11.5. The molecular weight excluding hydrogens is 401 g/mol. The van der Waals surface area contributed by atoms with Crippen molar-refractivity contribution in [3.05, 3.63) is 0 Å². The quantitative estimate of drug-likeness (QED) is 0.0904. The number of nitrogens with one attached hydrogen (secondary N) is 3. The van der Waals surface area contributed by atoms with Crippen LogP contribution >= 0.6 is 12.6 Å². The smallest absolute Gasteiger partial charge is 0.229 e. The lowest BCUT2D eigenvalue weighted by Crippen LogP contribution is -2.29. The number of rotatable bonds is 22. The van der Waals surface area contributed by atoms with Crippen LogP contribution in [0.15, 0.2) is 0 Å². The Hall–Kier alpha value is -0.885. The van der Waals surface area contributed by atoms with Gasteiger partial charge in [0.25, 0.3) is 0 Å². The van der Waals surface area contributed by atoms with Gasteiger partial charge in [-0.25, -0.2) is 0 Å². The maximum Gasteiger partial charge on any atom is 0.229 e. The largest absolute Gasteiger partial charge is 0.379 e. The minimum absolute atomic E-state index is 0.0776. The van der Waals surface area contributed by atoms with Crippen molar-refractivity contribution in [1.82, 2.24) is 15.9 Å². The molecule has 0 aliphatic rings. The summed E-state index contributed by atoms with van der Waals surface area (Å²) in [6.45, 7) is 5.94. The van der Waals surface area contributed by atoms with E-state index in [1.807, 2.05) is 0 Å². The van der Waals surface area contributed by atoms with Crippen molar-refractivity contribution < 1.29 is 33.3 Å². The first kappa shape index (κ1) is 28.1. The summed E-state index contributed by atoms with van der Waals surface area (Å²) >= 11 is 3.85. The molecule has 3 N–H and O–H groups in total. The van der Waals surface area contributed by atoms with Crippen LogP contribution in [0, 0.1) is 0 Å². The lowest BCUT2D eigenvalue weighted by Gasteiger charge is -2.08. The Labute approximate surface area is 179 Å². The number of ether oxygens (including phenoxy) is 5. The van der Waals surface area contributed by atoms with Gasteiger partial charge in [-0.05, 0) is 0 Å². The zero-order chi connectivity index (χ0) is 21.4. The second-order valence-corrected chi connectivity index (χ2v) is 5.94. The predicted octanol–water partition coefficient (Wildman–Crippen LogP) is -1.71. The van der Waals surface area contributed by atoms with E-state index in [0.717, 1.165) is 0 Å². The van der Waals surface area contributed by atoms with E-state index < -0.39 is 0 Å². The Kier molecular flexibility index (Phi) is 22.7. The lowest BCUT2D eigenvalue weighted by atomic mass is 10.4. The number of amides is 2. The van der Waals surface area contributed by atoms with E-state index in [4.69, 9.17) is 31.7 Å². The lowest BCUT2D eigenvalue weighted by molar-refractivity contribution is -0.122. The third-order valence-electron chi connectivity index (χ3n) is 3.26. The van der Waals surface area contributed by atoms with Gasteiger partial charge in [-0.15, -0.1) is 0 Å². The molecule has 0 rings (SSSR count). The van der Waals surface area contributed by atoms with Crippen LogP contribution in [0.3, 0.4) is 0 Å². The van der Waals surface area contributed by atoms with E-state index in [1.165, 1.54) is 0 Å². The second kappa shape index (κ2) is 23.4. The highest BCUT2D eigenvalue weighted by Gasteiger charge is 2.00. The first-order chi connectivity index (χ1) is 14.2. The molecule has 0 fully saturated rings. The highest BCUT2D eigenvalue weighted by Crippen LogP contribution is 1.86. The molecule has 0 bridgehead atoms. The van der Waals surface area contributed by atoms with Gasteiger partial charge in [0.05, 0.1) is 71.8 Å². The van der Waals surface area contributed by atoms with E-state index >= 15 is 0 Å². The molecule has 2 amide bonds. The van der Waals surface area contributed by atoms with Crippen LogP contribution in [-0.2, 0) is 33.3 Å². The van der Waals surface area contributed by atoms with Crippen LogP contribution in [0.1, 0.15) is 6.42 Å². The predicted molar refractivity (Wildman–Crippen MR) is 112 cm³/mol. The number of carbonyl (C=O) groups is 2. The Morgan fingerprint density at radius 1 is 0.621 bits per heavy atom. The first-order valence-corrected chi connectivity index (χ1v) is 10.3. The van der Waals surface area contributed by atoms with Gasteiger partial charge >= 0.3 is 0 Å². The van der Waals surface area contributed by atoms with Gasteiger partial charge in [0.1, 0.15) is 0 Å². The molecule has 0 saturated heterocycles. The summed E-state index contributed by atoms with van der Waals surface area (Å²) in [5, 5.41) is 7.87. The molecule has 0 aromatic heterocycles. The molecule has 168 valence electrons. The molecular formula is C17H34BN3O7S. The van der Waals surface area contributed by atoms with Gasteiger partial charge in [-0.3, -0.25) is 9.59 Å². The summed E-state index contributed by atoms with van der Waals surface area (Å²) in [6.07, 6.45) is 0.297. The number of hydrogen-bond acceptors (Lipinski definition) is 9. The van der Waals surface area contributed by atoms with Crippen molar-refractivity contribution in [3.8, 4) is 0 Å². The fourth-order valence-corrected chi connectivity index (χ4v) is 1.94. The van der Waals surface area contributed by atoms with Crippen molar-refractivity contribution in [2.24, 2.45) is 0 Å². The molecule has 0 atom stereocenters. The third-order valence-corrected chi connectivity index (χ3v) is 3.55. The Balaban J connectivity index is 3.14. The average Bonchev–Trinajstić information content (AvgIpc) is 2.73. The molecule has 10 nitrogen and oxygen atoms in total.